The highest BCUT2D eigenvalue weighted by Gasteiger charge is 2.42. The molecule has 16 heavy (non-hydrogen) atoms. The average molecular weight is 220 g/mol. The van der Waals surface area contributed by atoms with Crippen LogP contribution in [0.5, 0.6) is 0 Å². The van der Waals surface area contributed by atoms with Crippen molar-refractivity contribution in [3.05, 3.63) is 30.3 Å². The van der Waals surface area contributed by atoms with Crippen LogP contribution in [0.1, 0.15) is 6.42 Å². The molecule has 0 radical (unpaired) electrons. The van der Waals surface area contributed by atoms with Crippen LogP contribution in [0.4, 0.5) is 5.69 Å². The zero-order valence-electron chi connectivity index (χ0n) is 9.93. The van der Waals surface area contributed by atoms with Crippen molar-refractivity contribution >= 4 is 5.69 Å². The van der Waals surface area contributed by atoms with Crippen molar-refractivity contribution in [2.45, 2.75) is 12.6 Å². The Bertz CT molecular complexity index is 326. The molecule has 1 aliphatic carbocycles. The summed E-state index contributed by atoms with van der Waals surface area (Å²) in [5.41, 5.74) is 1.16. The second kappa shape index (κ2) is 4.85. The second-order valence-electron chi connectivity index (χ2n) is 4.78. The number of rotatable bonds is 5. The van der Waals surface area contributed by atoms with Crippen LogP contribution in [0.2, 0.25) is 0 Å². The minimum atomic E-state index is -0.289. The van der Waals surface area contributed by atoms with E-state index < -0.39 is 0 Å². The van der Waals surface area contributed by atoms with Crippen molar-refractivity contribution in [3.63, 3.8) is 0 Å². The number of benzene rings is 1. The molecule has 2 rings (SSSR count). The van der Waals surface area contributed by atoms with Gasteiger partial charge in [-0.25, -0.2) is 0 Å². The fourth-order valence-electron chi connectivity index (χ4n) is 2.06. The van der Waals surface area contributed by atoms with Crippen LogP contribution in [-0.2, 0) is 0 Å². The number of aliphatic hydroxyl groups excluding tert-OH is 1. The number of hydrogen-bond donors (Lipinski definition) is 2. The third-order valence-corrected chi connectivity index (χ3v) is 3.23. The van der Waals surface area contributed by atoms with Crippen molar-refractivity contribution < 1.29 is 5.11 Å². The fourth-order valence-corrected chi connectivity index (χ4v) is 2.06. The van der Waals surface area contributed by atoms with Crippen molar-refractivity contribution in [1.82, 2.24) is 4.90 Å². The number of aliphatic hydroxyl groups is 1. The van der Waals surface area contributed by atoms with Crippen molar-refractivity contribution in [2.24, 2.45) is 11.8 Å². The first-order valence-electron chi connectivity index (χ1n) is 5.82. The van der Waals surface area contributed by atoms with E-state index in [9.17, 15) is 5.11 Å². The molecule has 3 heteroatoms. The van der Waals surface area contributed by atoms with Crippen LogP contribution in [0.3, 0.4) is 0 Å². The molecule has 1 fully saturated rings. The first-order chi connectivity index (χ1) is 7.68. The maximum Gasteiger partial charge on any atom is 0.110 e. The summed E-state index contributed by atoms with van der Waals surface area (Å²) in [6.45, 7) is 0.958. The molecule has 0 spiro atoms. The van der Waals surface area contributed by atoms with Gasteiger partial charge in [0, 0.05) is 18.2 Å². The summed E-state index contributed by atoms with van der Waals surface area (Å²) in [6.07, 6.45) is 0.835. The standard InChI is InChI=1S/C13H20N2O/c1-15(2)13(16)12-8-10(12)9-14-11-6-4-3-5-7-11/h3-7,10,12-14,16H,8-9H2,1-2H3. The summed E-state index contributed by atoms with van der Waals surface area (Å²) < 4.78 is 0. The number of hydrogen-bond acceptors (Lipinski definition) is 3. The van der Waals surface area contributed by atoms with Crippen molar-refractivity contribution in [3.8, 4) is 0 Å². The Hall–Kier alpha value is -1.06. The molecule has 0 saturated heterocycles. The Morgan fingerprint density at radius 2 is 2.06 bits per heavy atom. The average Bonchev–Trinajstić information content (AvgIpc) is 3.06. The molecule has 88 valence electrons. The molecule has 3 nitrogen and oxygen atoms in total. The Morgan fingerprint density at radius 1 is 1.38 bits per heavy atom. The van der Waals surface area contributed by atoms with Gasteiger partial charge in [0.05, 0.1) is 0 Å². The van der Waals surface area contributed by atoms with Gasteiger partial charge in [0.25, 0.3) is 0 Å². The SMILES string of the molecule is CN(C)C(O)C1CC1CNc1ccccc1. The highest BCUT2D eigenvalue weighted by Crippen LogP contribution is 2.41. The lowest BCUT2D eigenvalue weighted by atomic mass is 10.2. The third-order valence-electron chi connectivity index (χ3n) is 3.23. The normalized spacial score (nSPS) is 25.5. The minimum Gasteiger partial charge on any atom is -0.385 e. The molecule has 1 saturated carbocycles. The van der Waals surface area contributed by atoms with Crippen molar-refractivity contribution in [2.75, 3.05) is 26.0 Å². The molecule has 2 N–H and O–H groups in total. The molecule has 0 bridgehead atoms. The van der Waals surface area contributed by atoms with E-state index in [1.807, 2.05) is 37.2 Å². The summed E-state index contributed by atoms with van der Waals surface area (Å²) in [5, 5.41) is 13.2. The maximum absolute atomic E-state index is 9.83. The first-order valence-corrected chi connectivity index (χ1v) is 5.82. The Balaban J connectivity index is 1.74. The minimum absolute atomic E-state index is 0.289. The molecule has 3 atom stereocenters. The lowest BCUT2D eigenvalue weighted by Gasteiger charge is -2.18. The molecule has 1 aromatic carbocycles. The van der Waals surface area contributed by atoms with Gasteiger partial charge in [-0.3, -0.25) is 4.90 Å². The van der Waals surface area contributed by atoms with Gasteiger partial charge in [-0.1, -0.05) is 18.2 Å². The van der Waals surface area contributed by atoms with E-state index in [0.29, 0.717) is 11.8 Å². The quantitative estimate of drug-likeness (QED) is 0.740. The van der Waals surface area contributed by atoms with E-state index in [1.165, 1.54) is 0 Å². The first kappa shape index (κ1) is 11.4. The van der Waals surface area contributed by atoms with E-state index in [2.05, 4.69) is 17.4 Å². The monoisotopic (exact) mass is 220 g/mol. The van der Waals surface area contributed by atoms with Crippen LogP contribution < -0.4 is 5.32 Å². The van der Waals surface area contributed by atoms with Crippen LogP contribution >= 0.6 is 0 Å². The van der Waals surface area contributed by atoms with Crippen LogP contribution in [0.25, 0.3) is 0 Å². The molecule has 3 unspecified atom stereocenters. The van der Waals surface area contributed by atoms with Gasteiger partial charge in [-0.05, 0) is 38.6 Å². The zero-order valence-corrected chi connectivity index (χ0v) is 9.93. The molecule has 1 aromatic rings. The Morgan fingerprint density at radius 3 is 2.69 bits per heavy atom. The number of para-hydroxylation sites is 1. The van der Waals surface area contributed by atoms with Gasteiger partial charge in [-0.15, -0.1) is 0 Å². The summed E-state index contributed by atoms with van der Waals surface area (Å²) >= 11 is 0. The topological polar surface area (TPSA) is 35.5 Å². The molecular weight excluding hydrogens is 200 g/mol. The van der Waals surface area contributed by atoms with Gasteiger partial charge in [0.1, 0.15) is 6.23 Å². The van der Waals surface area contributed by atoms with Crippen molar-refractivity contribution in [1.29, 1.82) is 0 Å². The summed E-state index contributed by atoms with van der Waals surface area (Å²) in [6, 6.07) is 10.2. The Labute approximate surface area is 97.1 Å². The fraction of sp³-hybridized carbons (Fsp3) is 0.538. The highest BCUT2D eigenvalue weighted by molar-refractivity contribution is 5.42. The van der Waals surface area contributed by atoms with Gasteiger partial charge in [0.2, 0.25) is 0 Å². The number of nitrogens with zero attached hydrogens (tertiary/aromatic N) is 1. The van der Waals surface area contributed by atoms with E-state index in [4.69, 9.17) is 0 Å². The molecule has 0 aliphatic heterocycles. The molecule has 1 aliphatic rings. The van der Waals surface area contributed by atoms with Crippen LogP contribution in [-0.4, -0.2) is 36.9 Å². The lowest BCUT2D eigenvalue weighted by Crippen LogP contribution is -2.30. The zero-order chi connectivity index (χ0) is 11.5. The summed E-state index contributed by atoms with van der Waals surface area (Å²) in [5.74, 6) is 1.05. The van der Waals surface area contributed by atoms with Gasteiger partial charge in [0.15, 0.2) is 0 Å². The third kappa shape index (κ3) is 2.74. The smallest absolute Gasteiger partial charge is 0.110 e. The molecular formula is C13H20N2O. The second-order valence-corrected chi connectivity index (χ2v) is 4.78. The predicted molar refractivity (Wildman–Crippen MR) is 66.2 cm³/mol. The maximum atomic E-state index is 9.83. The van der Waals surface area contributed by atoms with Gasteiger partial charge >= 0.3 is 0 Å². The van der Waals surface area contributed by atoms with E-state index in [1.54, 1.807) is 0 Å². The molecule has 0 amide bonds. The number of anilines is 1. The molecule has 0 aromatic heterocycles. The lowest BCUT2D eigenvalue weighted by molar-refractivity contribution is 0.0177. The van der Waals surface area contributed by atoms with E-state index >= 15 is 0 Å². The largest absolute Gasteiger partial charge is 0.385 e. The number of nitrogens with one attached hydrogen (secondary N) is 1. The molecule has 0 heterocycles. The summed E-state index contributed by atoms with van der Waals surface area (Å²) in [7, 11) is 3.84. The van der Waals surface area contributed by atoms with Gasteiger partial charge < -0.3 is 10.4 Å². The van der Waals surface area contributed by atoms with E-state index in [0.717, 1.165) is 18.7 Å². The van der Waals surface area contributed by atoms with E-state index in [-0.39, 0.29) is 6.23 Å². The van der Waals surface area contributed by atoms with Crippen LogP contribution in [0, 0.1) is 11.8 Å². The van der Waals surface area contributed by atoms with Gasteiger partial charge in [-0.2, -0.15) is 0 Å². The summed E-state index contributed by atoms with van der Waals surface area (Å²) in [4.78, 5) is 1.88. The highest BCUT2D eigenvalue weighted by atomic mass is 16.3. The predicted octanol–water partition coefficient (Wildman–Crippen LogP) is 1.61. The Kier molecular flexibility index (Phi) is 3.46. The van der Waals surface area contributed by atoms with Crippen LogP contribution in [0.15, 0.2) is 30.3 Å².